The molecule has 1 fully saturated rings. The molecule has 130 valence electrons. The van der Waals surface area contributed by atoms with Crippen molar-refractivity contribution in [3.63, 3.8) is 0 Å². The van der Waals surface area contributed by atoms with Crippen LogP contribution in [0, 0.1) is 18.9 Å². The highest BCUT2D eigenvalue weighted by molar-refractivity contribution is 7.91. The predicted octanol–water partition coefficient (Wildman–Crippen LogP) is 3.73. The minimum Gasteiger partial charge on any atom is -0.379 e. The molecule has 0 radical (unpaired) electrons. The van der Waals surface area contributed by atoms with Crippen molar-refractivity contribution < 1.29 is 8.95 Å². The minimum atomic E-state index is -2.79. The Balaban J connectivity index is 2.02. The molecule has 1 heterocycles. The van der Waals surface area contributed by atoms with Crippen LogP contribution >= 0.6 is 11.6 Å². The van der Waals surface area contributed by atoms with E-state index in [-0.39, 0.29) is 0 Å². The van der Waals surface area contributed by atoms with Gasteiger partial charge in [0, 0.05) is 23.7 Å². The third-order valence-corrected chi connectivity index (χ3v) is 6.37. The number of ether oxygens (including phenoxy) is 1. The molecular formula is C19H19ClN2O2S. The zero-order valence-electron chi connectivity index (χ0n) is 13.9. The van der Waals surface area contributed by atoms with Crippen LogP contribution in [0.5, 0.6) is 0 Å². The summed E-state index contributed by atoms with van der Waals surface area (Å²) < 4.78 is 25.2. The second-order valence-corrected chi connectivity index (χ2v) is 8.29. The van der Waals surface area contributed by atoms with E-state index in [9.17, 15) is 4.21 Å². The molecule has 6 heteroatoms. The quantitative estimate of drug-likeness (QED) is 0.751. The topological polar surface area (TPSA) is 41.9 Å². The van der Waals surface area contributed by atoms with Gasteiger partial charge in [-0.1, -0.05) is 35.4 Å². The van der Waals surface area contributed by atoms with Crippen LogP contribution in [-0.2, 0) is 14.7 Å². The second-order valence-electron chi connectivity index (χ2n) is 5.69. The van der Waals surface area contributed by atoms with Gasteiger partial charge in [0.1, 0.15) is 0 Å². The molecular weight excluding hydrogens is 356 g/mol. The van der Waals surface area contributed by atoms with Crippen LogP contribution in [0.1, 0.15) is 11.1 Å². The Bertz CT molecular complexity index is 916. The predicted molar refractivity (Wildman–Crippen MR) is 101 cm³/mol. The van der Waals surface area contributed by atoms with Crippen molar-refractivity contribution >= 4 is 21.5 Å². The van der Waals surface area contributed by atoms with E-state index in [0.29, 0.717) is 36.2 Å². The van der Waals surface area contributed by atoms with E-state index in [1.807, 2.05) is 47.6 Å². The Hall–Kier alpha value is -1.84. The zero-order valence-corrected chi connectivity index (χ0v) is 15.5. The highest BCUT2D eigenvalue weighted by Crippen LogP contribution is 2.20. The summed E-state index contributed by atoms with van der Waals surface area (Å²) in [5.41, 5.74) is 1.85. The van der Waals surface area contributed by atoms with E-state index in [0.717, 1.165) is 11.1 Å². The first-order valence-corrected chi connectivity index (χ1v) is 9.85. The molecule has 1 atom stereocenters. The van der Waals surface area contributed by atoms with Gasteiger partial charge in [-0.15, -0.1) is 4.36 Å². The standard InChI is InChI=1S/C19H19ClN2O2S/c1-16-5-7-19(8-6-16)25(23,22-11-13-24-14-12-22)21-10-9-17-3-2-4-18(20)15-17/h2-8,15H,11-14H2,1H3. The van der Waals surface area contributed by atoms with Crippen molar-refractivity contribution in [2.75, 3.05) is 26.3 Å². The van der Waals surface area contributed by atoms with Gasteiger partial charge in [-0.2, -0.15) is 0 Å². The number of hydrogen-bond acceptors (Lipinski definition) is 3. The maximum absolute atomic E-state index is 13.7. The van der Waals surface area contributed by atoms with Crippen LogP contribution in [-0.4, -0.2) is 34.8 Å². The largest absolute Gasteiger partial charge is 0.379 e. The number of rotatable bonds is 2. The highest BCUT2D eigenvalue weighted by atomic mass is 35.5. The Morgan fingerprint density at radius 1 is 1.16 bits per heavy atom. The van der Waals surface area contributed by atoms with Crippen molar-refractivity contribution in [3.8, 4) is 12.0 Å². The zero-order chi connectivity index (χ0) is 17.7. The molecule has 0 bridgehead atoms. The van der Waals surface area contributed by atoms with Crippen LogP contribution in [0.2, 0.25) is 5.02 Å². The Labute approximate surface area is 154 Å². The van der Waals surface area contributed by atoms with Gasteiger partial charge in [0.2, 0.25) is 0 Å². The minimum absolute atomic E-state index is 0.542. The van der Waals surface area contributed by atoms with E-state index in [2.05, 4.69) is 16.3 Å². The van der Waals surface area contributed by atoms with Crippen LogP contribution < -0.4 is 0 Å². The first-order chi connectivity index (χ1) is 12.1. The monoisotopic (exact) mass is 374 g/mol. The Kier molecular flexibility index (Phi) is 5.77. The summed E-state index contributed by atoms with van der Waals surface area (Å²) in [7, 11) is -2.79. The third kappa shape index (κ3) is 4.42. The summed E-state index contributed by atoms with van der Waals surface area (Å²) in [4.78, 5) is 0.667. The SMILES string of the molecule is Cc1ccc(S(=O)(=NC#Cc2cccc(Cl)c2)N2CCOCC2)cc1. The van der Waals surface area contributed by atoms with Gasteiger partial charge in [-0.3, -0.25) is 0 Å². The molecule has 1 unspecified atom stereocenters. The van der Waals surface area contributed by atoms with Gasteiger partial charge in [-0.05, 0) is 43.2 Å². The van der Waals surface area contributed by atoms with Crippen LogP contribution in [0.15, 0.2) is 57.8 Å². The smallest absolute Gasteiger partial charge is 0.152 e. The molecule has 1 saturated heterocycles. The van der Waals surface area contributed by atoms with Gasteiger partial charge in [0.25, 0.3) is 0 Å². The molecule has 2 aromatic carbocycles. The molecule has 0 saturated carbocycles. The lowest BCUT2D eigenvalue weighted by Crippen LogP contribution is -2.40. The molecule has 1 aliphatic heterocycles. The van der Waals surface area contributed by atoms with Crippen molar-refractivity contribution in [3.05, 3.63) is 64.7 Å². The van der Waals surface area contributed by atoms with Crippen LogP contribution in [0.4, 0.5) is 0 Å². The normalized spacial score (nSPS) is 17.2. The molecule has 0 amide bonds. The summed E-state index contributed by atoms with van der Waals surface area (Å²) in [6.45, 7) is 4.21. The average Bonchev–Trinajstić information content (AvgIpc) is 2.63. The number of halogens is 1. The van der Waals surface area contributed by atoms with Crippen LogP contribution in [0.3, 0.4) is 0 Å². The van der Waals surface area contributed by atoms with Crippen LogP contribution in [0.25, 0.3) is 0 Å². The molecule has 2 aromatic rings. The first kappa shape index (κ1) is 18.0. The lowest BCUT2D eigenvalue weighted by molar-refractivity contribution is 0.0745. The molecule has 0 spiro atoms. The number of morpholine rings is 1. The van der Waals surface area contributed by atoms with E-state index in [4.69, 9.17) is 16.3 Å². The first-order valence-electron chi connectivity index (χ1n) is 8.00. The second kappa shape index (κ2) is 8.03. The van der Waals surface area contributed by atoms with Crippen molar-refractivity contribution in [1.82, 2.24) is 4.31 Å². The summed E-state index contributed by atoms with van der Waals surface area (Å²) >= 11 is 5.97. The molecule has 0 aromatic heterocycles. The maximum atomic E-state index is 13.7. The molecule has 4 nitrogen and oxygen atoms in total. The fourth-order valence-electron chi connectivity index (χ4n) is 2.48. The maximum Gasteiger partial charge on any atom is 0.152 e. The molecule has 3 rings (SSSR count). The van der Waals surface area contributed by atoms with Gasteiger partial charge in [-0.25, -0.2) is 8.51 Å². The molecule has 0 N–H and O–H groups in total. The lowest BCUT2D eigenvalue weighted by atomic mass is 10.2. The number of aryl methyl sites for hydroxylation is 1. The van der Waals surface area contributed by atoms with Crippen molar-refractivity contribution in [2.45, 2.75) is 11.8 Å². The number of hydrogen-bond donors (Lipinski definition) is 0. The van der Waals surface area contributed by atoms with Crippen molar-refractivity contribution in [2.24, 2.45) is 4.36 Å². The fraction of sp³-hybridized carbons (Fsp3) is 0.263. The summed E-state index contributed by atoms with van der Waals surface area (Å²) in [6, 6.07) is 17.5. The molecule has 25 heavy (non-hydrogen) atoms. The van der Waals surface area contributed by atoms with E-state index >= 15 is 0 Å². The molecule has 0 aliphatic carbocycles. The van der Waals surface area contributed by atoms with Gasteiger partial charge < -0.3 is 4.74 Å². The van der Waals surface area contributed by atoms with Crippen molar-refractivity contribution in [1.29, 1.82) is 0 Å². The third-order valence-electron chi connectivity index (χ3n) is 3.84. The average molecular weight is 375 g/mol. The van der Waals surface area contributed by atoms with Gasteiger partial charge in [0.15, 0.2) is 9.92 Å². The summed E-state index contributed by atoms with van der Waals surface area (Å²) in [6.07, 6.45) is 0. The lowest BCUT2D eigenvalue weighted by Gasteiger charge is -2.28. The van der Waals surface area contributed by atoms with Gasteiger partial charge >= 0.3 is 0 Å². The Morgan fingerprint density at radius 2 is 1.88 bits per heavy atom. The Morgan fingerprint density at radius 3 is 2.56 bits per heavy atom. The van der Waals surface area contributed by atoms with E-state index in [1.165, 1.54) is 0 Å². The van der Waals surface area contributed by atoms with E-state index < -0.39 is 9.92 Å². The number of benzene rings is 2. The number of nitrogens with zero attached hydrogens (tertiary/aromatic N) is 2. The highest BCUT2D eigenvalue weighted by Gasteiger charge is 2.24. The summed E-state index contributed by atoms with van der Waals surface area (Å²) in [5, 5.41) is 0.610. The molecule has 1 aliphatic rings. The van der Waals surface area contributed by atoms with Gasteiger partial charge in [0.05, 0.1) is 24.2 Å². The fourth-order valence-corrected chi connectivity index (χ4v) is 4.50. The van der Waals surface area contributed by atoms with E-state index in [1.54, 1.807) is 12.1 Å². The summed E-state index contributed by atoms with van der Waals surface area (Å²) in [5.74, 6) is 2.92.